The molecular weight excluding hydrogens is 354 g/mol. The lowest BCUT2D eigenvalue weighted by Gasteiger charge is -2.47. The predicted octanol–water partition coefficient (Wildman–Crippen LogP) is 1.98. The molecule has 1 aromatic carbocycles. The van der Waals surface area contributed by atoms with E-state index >= 15 is 0 Å². The second-order valence-electron chi connectivity index (χ2n) is 8.26. The Labute approximate surface area is 170 Å². The van der Waals surface area contributed by atoms with Crippen LogP contribution in [0.4, 0.5) is 0 Å². The number of nitrogens with zero attached hydrogens (tertiary/aromatic N) is 3. The van der Waals surface area contributed by atoms with Gasteiger partial charge in [-0.05, 0) is 52.4 Å². The number of piperidine rings is 1. The molecule has 0 bridgehead atoms. The molecule has 0 aromatic heterocycles. The average molecular weight is 392 g/mol. The molecule has 0 amide bonds. The first-order chi connectivity index (χ1) is 13.6. The fraction of sp³-hybridized carbons (Fsp3) is 0.727. The van der Waals surface area contributed by atoms with Crippen LogP contribution in [0.3, 0.4) is 0 Å². The Kier molecular flexibility index (Phi) is 7.57. The zero-order valence-electron chi connectivity index (χ0n) is 18.0. The van der Waals surface area contributed by atoms with E-state index in [1.54, 1.807) is 14.2 Å². The molecule has 2 saturated heterocycles. The lowest BCUT2D eigenvalue weighted by atomic mass is 9.98. The van der Waals surface area contributed by atoms with Crippen LogP contribution in [0.15, 0.2) is 12.1 Å². The molecule has 0 spiro atoms. The summed E-state index contributed by atoms with van der Waals surface area (Å²) < 4.78 is 11.1. The number of piperazine rings is 1. The summed E-state index contributed by atoms with van der Waals surface area (Å²) in [5, 5.41) is 9.64. The molecule has 0 radical (unpaired) electrons. The van der Waals surface area contributed by atoms with E-state index in [4.69, 9.17) is 9.47 Å². The van der Waals surface area contributed by atoms with E-state index in [-0.39, 0.29) is 6.61 Å². The fourth-order valence-corrected chi connectivity index (χ4v) is 4.89. The largest absolute Gasteiger partial charge is 0.496 e. The van der Waals surface area contributed by atoms with Crippen LogP contribution in [0.2, 0.25) is 0 Å². The van der Waals surface area contributed by atoms with E-state index in [1.807, 2.05) is 13.0 Å². The molecule has 1 aromatic rings. The first-order valence-corrected chi connectivity index (χ1v) is 10.5. The Bertz CT molecular complexity index is 632. The third-order valence-electron chi connectivity index (χ3n) is 6.49. The van der Waals surface area contributed by atoms with Gasteiger partial charge in [-0.2, -0.15) is 0 Å². The summed E-state index contributed by atoms with van der Waals surface area (Å²) in [6.07, 6.45) is 3.33. The minimum absolute atomic E-state index is 0.257. The van der Waals surface area contributed by atoms with Gasteiger partial charge in [0.1, 0.15) is 11.5 Å². The number of aliphatic hydroxyl groups excluding tert-OH is 1. The van der Waals surface area contributed by atoms with E-state index in [0.29, 0.717) is 12.1 Å². The van der Waals surface area contributed by atoms with Crippen molar-refractivity contribution in [1.29, 1.82) is 0 Å². The number of rotatable bonds is 7. The number of methoxy groups -OCH3 is 2. The van der Waals surface area contributed by atoms with Gasteiger partial charge in [-0.25, -0.2) is 0 Å². The Hall–Kier alpha value is -1.34. The highest BCUT2D eigenvalue weighted by Gasteiger charge is 2.33. The van der Waals surface area contributed by atoms with Crippen molar-refractivity contribution in [2.75, 3.05) is 60.6 Å². The smallest absolute Gasteiger partial charge is 0.129 e. The van der Waals surface area contributed by atoms with Crippen LogP contribution in [-0.4, -0.2) is 92.5 Å². The standard InChI is InChI=1S/C22H37N3O3/c1-17-21(27-3)6-5-18(22(17)28-4)15-24-12-13-25(20(16-24)9-14-26)19-7-10-23(2)11-8-19/h5-6,19-20,26H,7-16H2,1-4H3/t20-/m0/s1. The SMILES string of the molecule is COc1ccc(CN2CCN(C3CCN(C)CC3)[C@@H](CCO)C2)c(OC)c1C. The Balaban J connectivity index is 1.68. The van der Waals surface area contributed by atoms with Crippen LogP contribution in [0, 0.1) is 6.92 Å². The van der Waals surface area contributed by atoms with Gasteiger partial charge in [0.15, 0.2) is 0 Å². The number of benzene rings is 1. The summed E-state index contributed by atoms with van der Waals surface area (Å²) in [6.45, 7) is 8.68. The summed E-state index contributed by atoms with van der Waals surface area (Å²) in [6, 6.07) is 5.24. The first kappa shape index (κ1) is 21.4. The van der Waals surface area contributed by atoms with Gasteiger partial charge in [0.2, 0.25) is 0 Å². The number of hydrogen-bond acceptors (Lipinski definition) is 6. The highest BCUT2D eigenvalue weighted by atomic mass is 16.5. The molecule has 0 unspecified atom stereocenters. The normalized spacial score (nSPS) is 23.1. The average Bonchev–Trinajstić information content (AvgIpc) is 2.70. The van der Waals surface area contributed by atoms with Gasteiger partial charge in [0.25, 0.3) is 0 Å². The van der Waals surface area contributed by atoms with Crippen LogP contribution < -0.4 is 9.47 Å². The van der Waals surface area contributed by atoms with Crippen molar-refractivity contribution in [2.24, 2.45) is 0 Å². The minimum Gasteiger partial charge on any atom is -0.496 e. The third kappa shape index (κ3) is 4.79. The third-order valence-corrected chi connectivity index (χ3v) is 6.49. The number of aliphatic hydroxyl groups is 1. The van der Waals surface area contributed by atoms with Crippen molar-refractivity contribution in [3.8, 4) is 11.5 Å². The molecule has 6 heteroatoms. The van der Waals surface area contributed by atoms with Gasteiger partial charge < -0.3 is 19.5 Å². The molecule has 6 nitrogen and oxygen atoms in total. The molecule has 1 N–H and O–H groups in total. The quantitative estimate of drug-likeness (QED) is 0.767. The van der Waals surface area contributed by atoms with Gasteiger partial charge in [0.05, 0.1) is 14.2 Å². The molecule has 28 heavy (non-hydrogen) atoms. The highest BCUT2D eigenvalue weighted by molar-refractivity contribution is 5.49. The molecule has 3 rings (SSSR count). The van der Waals surface area contributed by atoms with Crippen molar-refractivity contribution in [3.05, 3.63) is 23.3 Å². The van der Waals surface area contributed by atoms with Crippen LogP contribution in [-0.2, 0) is 6.54 Å². The summed E-state index contributed by atoms with van der Waals surface area (Å²) in [5.41, 5.74) is 2.26. The van der Waals surface area contributed by atoms with Gasteiger partial charge in [-0.3, -0.25) is 9.80 Å². The van der Waals surface area contributed by atoms with E-state index < -0.39 is 0 Å². The van der Waals surface area contributed by atoms with Crippen molar-refractivity contribution < 1.29 is 14.6 Å². The molecule has 158 valence electrons. The summed E-state index contributed by atoms with van der Waals surface area (Å²) in [7, 11) is 5.64. The van der Waals surface area contributed by atoms with Gasteiger partial charge in [0, 0.05) is 56.0 Å². The zero-order chi connectivity index (χ0) is 20.1. The fourth-order valence-electron chi connectivity index (χ4n) is 4.89. The van der Waals surface area contributed by atoms with E-state index in [0.717, 1.165) is 49.7 Å². The Morgan fingerprint density at radius 1 is 1.07 bits per heavy atom. The predicted molar refractivity (Wildman–Crippen MR) is 112 cm³/mol. The summed E-state index contributed by atoms with van der Waals surface area (Å²) >= 11 is 0. The Morgan fingerprint density at radius 2 is 1.82 bits per heavy atom. The maximum atomic E-state index is 9.64. The topological polar surface area (TPSA) is 48.4 Å². The number of hydrogen-bond donors (Lipinski definition) is 1. The van der Waals surface area contributed by atoms with Crippen LogP contribution in [0.5, 0.6) is 11.5 Å². The van der Waals surface area contributed by atoms with Crippen LogP contribution >= 0.6 is 0 Å². The number of ether oxygens (including phenoxy) is 2. The van der Waals surface area contributed by atoms with E-state index in [2.05, 4.69) is 27.8 Å². The molecular formula is C22H37N3O3. The van der Waals surface area contributed by atoms with Crippen molar-refractivity contribution >= 4 is 0 Å². The first-order valence-electron chi connectivity index (χ1n) is 10.5. The summed E-state index contributed by atoms with van der Waals surface area (Å²) in [4.78, 5) is 7.61. The zero-order valence-corrected chi connectivity index (χ0v) is 18.0. The van der Waals surface area contributed by atoms with Crippen molar-refractivity contribution in [1.82, 2.24) is 14.7 Å². The maximum absolute atomic E-state index is 9.64. The monoisotopic (exact) mass is 391 g/mol. The van der Waals surface area contributed by atoms with Gasteiger partial charge in [-0.15, -0.1) is 0 Å². The molecule has 2 aliphatic heterocycles. The van der Waals surface area contributed by atoms with E-state index in [1.165, 1.54) is 31.5 Å². The van der Waals surface area contributed by atoms with Crippen molar-refractivity contribution in [2.45, 2.75) is 44.8 Å². The number of likely N-dealkylation sites (tertiary alicyclic amines) is 1. The second kappa shape index (κ2) is 9.92. The van der Waals surface area contributed by atoms with E-state index in [9.17, 15) is 5.11 Å². The second-order valence-corrected chi connectivity index (χ2v) is 8.26. The Morgan fingerprint density at radius 3 is 2.46 bits per heavy atom. The molecule has 2 heterocycles. The lowest BCUT2D eigenvalue weighted by molar-refractivity contribution is 0.00580. The van der Waals surface area contributed by atoms with Gasteiger partial charge in [-0.1, -0.05) is 6.07 Å². The molecule has 0 aliphatic carbocycles. The molecule has 2 aliphatic rings. The molecule has 2 fully saturated rings. The molecule has 0 saturated carbocycles. The lowest BCUT2D eigenvalue weighted by Crippen LogP contribution is -2.58. The summed E-state index contributed by atoms with van der Waals surface area (Å²) in [5.74, 6) is 1.79. The van der Waals surface area contributed by atoms with Crippen LogP contribution in [0.25, 0.3) is 0 Å². The molecule has 1 atom stereocenters. The highest BCUT2D eigenvalue weighted by Crippen LogP contribution is 2.33. The van der Waals surface area contributed by atoms with Crippen LogP contribution in [0.1, 0.15) is 30.4 Å². The minimum atomic E-state index is 0.257. The van der Waals surface area contributed by atoms with Crippen molar-refractivity contribution in [3.63, 3.8) is 0 Å². The maximum Gasteiger partial charge on any atom is 0.129 e. The van der Waals surface area contributed by atoms with Gasteiger partial charge >= 0.3 is 0 Å².